The minimum atomic E-state index is -0.583. The van der Waals surface area contributed by atoms with Crippen LogP contribution in [0.1, 0.15) is 20.3 Å². The van der Waals surface area contributed by atoms with Gasteiger partial charge in [-0.25, -0.2) is 9.78 Å². The molecule has 1 N–H and O–H groups in total. The van der Waals surface area contributed by atoms with Crippen molar-refractivity contribution in [1.29, 1.82) is 0 Å². The molecule has 0 bridgehead atoms. The molecule has 1 fully saturated rings. The fourth-order valence-electron chi connectivity index (χ4n) is 3.52. The normalized spacial score (nSPS) is 14.3. The van der Waals surface area contributed by atoms with Gasteiger partial charge in [0, 0.05) is 52.9 Å². The summed E-state index contributed by atoms with van der Waals surface area (Å²) in [4.78, 5) is 57.6. The summed E-state index contributed by atoms with van der Waals surface area (Å²) < 4.78 is 2.24. The van der Waals surface area contributed by atoms with Gasteiger partial charge in [0.1, 0.15) is 11.9 Å². The Labute approximate surface area is 167 Å². The highest BCUT2D eigenvalue weighted by Crippen LogP contribution is 2.22. The first-order chi connectivity index (χ1) is 13.8. The lowest BCUT2D eigenvalue weighted by Gasteiger charge is -2.36. The van der Waals surface area contributed by atoms with Crippen LogP contribution in [0.3, 0.4) is 0 Å². The Bertz CT molecular complexity index is 1050. The van der Waals surface area contributed by atoms with Gasteiger partial charge in [0.25, 0.3) is 5.56 Å². The molecule has 10 nitrogen and oxygen atoms in total. The van der Waals surface area contributed by atoms with E-state index < -0.39 is 11.2 Å². The second-order valence-electron chi connectivity index (χ2n) is 7.10. The second-order valence-corrected chi connectivity index (χ2v) is 7.10. The third-order valence-electron chi connectivity index (χ3n) is 5.14. The summed E-state index contributed by atoms with van der Waals surface area (Å²) in [5, 5.41) is 2.99. The summed E-state index contributed by atoms with van der Waals surface area (Å²) in [6, 6.07) is 1.74. The number of pyridine rings is 1. The maximum absolute atomic E-state index is 13.2. The van der Waals surface area contributed by atoms with Crippen molar-refractivity contribution in [2.75, 3.05) is 37.6 Å². The molecule has 0 atom stereocenters. The van der Waals surface area contributed by atoms with Gasteiger partial charge in [-0.3, -0.25) is 23.5 Å². The number of hydrogen-bond acceptors (Lipinski definition) is 6. The highest BCUT2D eigenvalue weighted by molar-refractivity contribution is 5.89. The topological polar surface area (TPSA) is 110 Å². The van der Waals surface area contributed by atoms with E-state index in [9.17, 15) is 19.2 Å². The van der Waals surface area contributed by atoms with E-state index >= 15 is 0 Å². The van der Waals surface area contributed by atoms with Gasteiger partial charge in [-0.15, -0.1) is 0 Å². The highest BCUT2D eigenvalue weighted by atomic mass is 16.2. The minimum Gasteiger partial charge on any atom is -0.367 e. The molecule has 0 spiro atoms. The van der Waals surface area contributed by atoms with E-state index in [1.165, 1.54) is 18.5 Å². The van der Waals surface area contributed by atoms with E-state index in [1.54, 1.807) is 17.2 Å². The summed E-state index contributed by atoms with van der Waals surface area (Å²) in [5.74, 6) is -0.363. The first kappa shape index (κ1) is 20.6. The summed E-state index contributed by atoms with van der Waals surface area (Å²) in [6.07, 6.45) is 2.32. The van der Waals surface area contributed by atoms with Crippen LogP contribution in [-0.2, 0) is 23.2 Å². The molecule has 2 amide bonds. The van der Waals surface area contributed by atoms with Gasteiger partial charge in [0.2, 0.25) is 11.8 Å². The standard InChI is InChI=1S/C19H26N6O4/c1-4-6-20-15(27)12-25-18(28)16-14(5-7-21-17(16)22(3)19(25)29)24-10-8-23(9-11-24)13(2)26/h5,7H,4,6,8-12H2,1-3H3,(H,20,27). The smallest absolute Gasteiger partial charge is 0.332 e. The predicted molar refractivity (Wildman–Crippen MR) is 109 cm³/mol. The average molecular weight is 402 g/mol. The van der Waals surface area contributed by atoms with Crippen molar-refractivity contribution in [3.05, 3.63) is 33.1 Å². The van der Waals surface area contributed by atoms with Crippen molar-refractivity contribution in [2.45, 2.75) is 26.8 Å². The van der Waals surface area contributed by atoms with Crippen LogP contribution in [0.15, 0.2) is 21.9 Å². The van der Waals surface area contributed by atoms with Crippen molar-refractivity contribution < 1.29 is 9.59 Å². The summed E-state index contributed by atoms with van der Waals surface area (Å²) in [7, 11) is 1.54. The van der Waals surface area contributed by atoms with Crippen LogP contribution < -0.4 is 21.5 Å². The Morgan fingerprint density at radius 2 is 1.86 bits per heavy atom. The van der Waals surface area contributed by atoms with Gasteiger partial charge < -0.3 is 15.1 Å². The third kappa shape index (κ3) is 4.01. The lowest BCUT2D eigenvalue weighted by molar-refractivity contribution is -0.129. The van der Waals surface area contributed by atoms with Crippen molar-refractivity contribution >= 4 is 28.5 Å². The van der Waals surface area contributed by atoms with Gasteiger partial charge in [-0.2, -0.15) is 0 Å². The molecular weight excluding hydrogens is 376 g/mol. The summed E-state index contributed by atoms with van der Waals surface area (Å²) in [6.45, 7) is 5.84. The summed E-state index contributed by atoms with van der Waals surface area (Å²) in [5.41, 5.74) is -0.190. The zero-order chi connectivity index (χ0) is 21.1. The Morgan fingerprint density at radius 3 is 2.48 bits per heavy atom. The monoisotopic (exact) mass is 402 g/mol. The predicted octanol–water partition coefficient (Wildman–Crippen LogP) is -0.710. The number of aryl methyl sites for hydroxylation is 1. The zero-order valence-corrected chi connectivity index (χ0v) is 17.0. The average Bonchev–Trinajstić information content (AvgIpc) is 2.73. The molecule has 3 rings (SSSR count). The largest absolute Gasteiger partial charge is 0.367 e. The van der Waals surface area contributed by atoms with Gasteiger partial charge >= 0.3 is 5.69 Å². The van der Waals surface area contributed by atoms with E-state index in [1.807, 2.05) is 11.8 Å². The fourth-order valence-corrected chi connectivity index (χ4v) is 3.52. The van der Waals surface area contributed by atoms with Crippen molar-refractivity contribution in [3.63, 3.8) is 0 Å². The molecule has 0 aromatic carbocycles. The molecule has 0 saturated carbocycles. The molecule has 1 saturated heterocycles. The number of anilines is 1. The number of nitrogens with one attached hydrogen (secondary N) is 1. The number of piperazine rings is 1. The van der Waals surface area contributed by atoms with E-state index in [0.717, 1.165) is 11.0 Å². The van der Waals surface area contributed by atoms with Crippen LogP contribution in [0.4, 0.5) is 5.69 Å². The zero-order valence-electron chi connectivity index (χ0n) is 17.0. The molecule has 1 aliphatic heterocycles. The number of fused-ring (bicyclic) bond motifs is 1. The maximum Gasteiger partial charge on any atom is 0.332 e. The van der Waals surface area contributed by atoms with Crippen molar-refractivity contribution in [2.24, 2.45) is 7.05 Å². The number of hydrogen-bond donors (Lipinski definition) is 1. The van der Waals surface area contributed by atoms with Crippen LogP contribution >= 0.6 is 0 Å². The number of aromatic nitrogens is 3. The quantitative estimate of drug-likeness (QED) is 0.708. The van der Waals surface area contributed by atoms with Crippen LogP contribution in [0.5, 0.6) is 0 Å². The lowest BCUT2D eigenvalue weighted by Crippen LogP contribution is -2.49. The Balaban J connectivity index is 2.05. The molecule has 29 heavy (non-hydrogen) atoms. The summed E-state index contributed by atoms with van der Waals surface area (Å²) >= 11 is 0. The molecule has 0 radical (unpaired) electrons. The van der Waals surface area contributed by atoms with E-state index in [4.69, 9.17) is 0 Å². The van der Waals surface area contributed by atoms with Crippen molar-refractivity contribution in [3.8, 4) is 0 Å². The lowest BCUT2D eigenvalue weighted by atomic mass is 10.2. The third-order valence-corrected chi connectivity index (χ3v) is 5.14. The van der Waals surface area contributed by atoms with Gasteiger partial charge in [-0.05, 0) is 12.5 Å². The number of carbonyl (C=O) groups is 2. The molecule has 0 aliphatic carbocycles. The fraction of sp³-hybridized carbons (Fsp3) is 0.526. The molecular formula is C19H26N6O4. The first-order valence-electron chi connectivity index (χ1n) is 9.70. The van der Waals surface area contributed by atoms with Crippen LogP contribution in [0.25, 0.3) is 11.0 Å². The van der Waals surface area contributed by atoms with Crippen LogP contribution in [0, 0.1) is 0 Å². The number of nitrogens with zero attached hydrogens (tertiary/aromatic N) is 5. The Morgan fingerprint density at radius 1 is 1.17 bits per heavy atom. The van der Waals surface area contributed by atoms with E-state index in [-0.39, 0.29) is 24.0 Å². The van der Waals surface area contributed by atoms with Crippen LogP contribution in [-0.4, -0.2) is 63.6 Å². The molecule has 2 aromatic heterocycles. The molecule has 0 unspecified atom stereocenters. The Kier molecular flexibility index (Phi) is 6.00. The number of amides is 2. The molecule has 1 aliphatic rings. The van der Waals surface area contributed by atoms with Gasteiger partial charge in [0.15, 0.2) is 5.65 Å². The van der Waals surface area contributed by atoms with Crippen molar-refractivity contribution in [1.82, 2.24) is 24.3 Å². The SMILES string of the molecule is CCCNC(=O)Cn1c(=O)c2c(N3CCN(C(C)=O)CC3)ccnc2n(C)c1=O. The molecule has 156 valence electrons. The first-order valence-corrected chi connectivity index (χ1v) is 9.70. The molecule has 2 aromatic rings. The maximum atomic E-state index is 13.2. The van der Waals surface area contributed by atoms with Crippen LogP contribution in [0.2, 0.25) is 0 Å². The number of carbonyl (C=O) groups excluding carboxylic acids is 2. The van der Waals surface area contributed by atoms with Gasteiger partial charge in [0.05, 0.1) is 5.69 Å². The van der Waals surface area contributed by atoms with E-state index in [0.29, 0.717) is 43.8 Å². The second kappa shape index (κ2) is 8.46. The Hall–Kier alpha value is -3.17. The van der Waals surface area contributed by atoms with Gasteiger partial charge in [-0.1, -0.05) is 6.92 Å². The number of rotatable bonds is 5. The molecule has 10 heteroatoms. The van der Waals surface area contributed by atoms with E-state index in [2.05, 4.69) is 10.3 Å². The highest BCUT2D eigenvalue weighted by Gasteiger charge is 2.23. The molecule has 3 heterocycles. The minimum absolute atomic E-state index is 0.0204.